The second-order valence-corrected chi connectivity index (χ2v) is 4.63. The predicted octanol–water partition coefficient (Wildman–Crippen LogP) is 3.83. The third-order valence-electron chi connectivity index (χ3n) is 2.99. The number of halogens is 1. The Hall–Kier alpha value is -0.370. The Balaban J connectivity index is 0.00000225. The Morgan fingerprint density at radius 3 is 2.12 bits per heavy atom. The molecule has 0 bridgehead atoms. The summed E-state index contributed by atoms with van der Waals surface area (Å²) in [5.41, 5.74) is 0. The molecule has 0 amide bonds. The predicted molar refractivity (Wildman–Crippen MR) is 73.7 cm³/mol. The maximum Gasteiger partial charge on any atom is 0.0890 e. The zero-order valence-corrected chi connectivity index (χ0v) is 11.6. The molecule has 0 saturated heterocycles. The van der Waals surface area contributed by atoms with E-state index in [2.05, 4.69) is 36.2 Å². The van der Waals surface area contributed by atoms with Crippen LogP contribution in [-0.4, -0.2) is 30.1 Å². The average molecular weight is 247 g/mol. The van der Waals surface area contributed by atoms with Crippen molar-refractivity contribution in [1.29, 1.82) is 0 Å². The number of rotatable bonds is 8. The van der Waals surface area contributed by atoms with Gasteiger partial charge in [-0.1, -0.05) is 45.4 Å². The Kier molecular flexibility index (Phi) is 9.60. The first kappa shape index (κ1) is 15.6. The highest BCUT2D eigenvalue weighted by atomic mass is 35.5. The first-order chi connectivity index (χ1) is 7.33. The third kappa shape index (κ3) is 7.00. The minimum atomic E-state index is 0. The summed E-state index contributed by atoms with van der Waals surface area (Å²) in [5.74, 6) is 0. The van der Waals surface area contributed by atoms with Gasteiger partial charge in [-0.2, -0.15) is 0 Å². The van der Waals surface area contributed by atoms with Crippen molar-refractivity contribution in [2.45, 2.75) is 51.9 Å². The largest absolute Gasteiger partial charge is 0.362 e. The molecule has 0 radical (unpaired) electrons. The standard InChI is InChI=1S/C13H26N2.ClH/c1-3-4-5-6-7-8-9-10-15-12-11-14(2)13-15;/h11-12H,3-10,13H2,1-2H3;1H. The summed E-state index contributed by atoms with van der Waals surface area (Å²) in [7, 11) is 2.13. The van der Waals surface area contributed by atoms with Crippen molar-refractivity contribution in [2.24, 2.45) is 0 Å². The van der Waals surface area contributed by atoms with Gasteiger partial charge in [-0.3, -0.25) is 0 Å². The van der Waals surface area contributed by atoms with E-state index in [4.69, 9.17) is 0 Å². The topological polar surface area (TPSA) is 6.48 Å². The molecule has 1 aliphatic rings. The number of hydrogen-bond donors (Lipinski definition) is 0. The molecular weight excluding hydrogens is 220 g/mol. The van der Waals surface area contributed by atoms with Crippen molar-refractivity contribution in [3.63, 3.8) is 0 Å². The van der Waals surface area contributed by atoms with E-state index in [1.807, 2.05) is 0 Å². The second kappa shape index (κ2) is 9.83. The van der Waals surface area contributed by atoms with E-state index in [9.17, 15) is 0 Å². The molecule has 0 saturated carbocycles. The van der Waals surface area contributed by atoms with Gasteiger partial charge in [0.15, 0.2) is 0 Å². The maximum absolute atomic E-state index is 2.39. The normalized spacial score (nSPS) is 14.4. The molecule has 3 heteroatoms. The van der Waals surface area contributed by atoms with Crippen molar-refractivity contribution < 1.29 is 0 Å². The van der Waals surface area contributed by atoms with Crippen LogP contribution in [0.1, 0.15) is 51.9 Å². The van der Waals surface area contributed by atoms with E-state index in [-0.39, 0.29) is 12.4 Å². The molecule has 0 aliphatic carbocycles. The molecule has 0 aromatic heterocycles. The first-order valence-electron chi connectivity index (χ1n) is 6.45. The van der Waals surface area contributed by atoms with E-state index >= 15 is 0 Å². The lowest BCUT2D eigenvalue weighted by atomic mass is 10.1. The van der Waals surface area contributed by atoms with Gasteiger partial charge >= 0.3 is 0 Å². The average Bonchev–Trinajstić information content (AvgIpc) is 2.63. The van der Waals surface area contributed by atoms with Crippen molar-refractivity contribution in [2.75, 3.05) is 20.3 Å². The smallest absolute Gasteiger partial charge is 0.0890 e. The summed E-state index contributed by atoms with van der Waals surface area (Å²) < 4.78 is 0. The van der Waals surface area contributed by atoms with E-state index in [0.29, 0.717) is 0 Å². The van der Waals surface area contributed by atoms with Crippen LogP contribution >= 0.6 is 12.4 Å². The van der Waals surface area contributed by atoms with Gasteiger partial charge in [0, 0.05) is 26.0 Å². The van der Waals surface area contributed by atoms with Gasteiger partial charge < -0.3 is 9.80 Å². The van der Waals surface area contributed by atoms with Crippen molar-refractivity contribution in [3.8, 4) is 0 Å². The van der Waals surface area contributed by atoms with Gasteiger partial charge in [0.2, 0.25) is 0 Å². The number of unbranched alkanes of at least 4 members (excludes halogenated alkanes) is 6. The van der Waals surface area contributed by atoms with Gasteiger partial charge in [-0.05, 0) is 6.42 Å². The van der Waals surface area contributed by atoms with Gasteiger partial charge in [-0.25, -0.2) is 0 Å². The molecule has 1 rings (SSSR count). The molecule has 2 nitrogen and oxygen atoms in total. The molecule has 1 heterocycles. The highest BCUT2D eigenvalue weighted by Gasteiger charge is 2.06. The number of nitrogens with zero attached hydrogens (tertiary/aromatic N) is 2. The molecule has 0 unspecified atom stereocenters. The Labute approximate surface area is 107 Å². The highest BCUT2D eigenvalue weighted by Crippen LogP contribution is 2.09. The Morgan fingerprint density at radius 1 is 0.938 bits per heavy atom. The molecular formula is C13H27ClN2. The zero-order valence-electron chi connectivity index (χ0n) is 10.8. The van der Waals surface area contributed by atoms with Gasteiger partial charge in [0.05, 0.1) is 6.67 Å². The van der Waals surface area contributed by atoms with Gasteiger partial charge in [0.25, 0.3) is 0 Å². The summed E-state index contributed by atoms with van der Waals surface area (Å²) in [5, 5.41) is 0. The van der Waals surface area contributed by atoms with Crippen LogP contribution in [-0.2, 0) is 0 Å². The van der Waals surface area contributed by atoms with Crippen LogP contribution in [0.5, 0.6) is 0 Å². The molecule has 0 fully saturated rings. The third-order valence-corrected chi connectivity index (χ3v) is 2.99. The fourth-order valence-electron chi connectivity index (χ4n) is 2.01. The van der Waals surface area contributed by atoms with Crippen molar-refractivity contribution >= 4 is 12.4 Å². The maximum atomic E-state index is 2.39. The summed E-state index contributed by atoms with van der Waals surface area (Å²) in [6.45, 7) is 4.58. The second-order valence-electron chi connectivity index (χ2n) is 4.63. The summed E-state index contributed by atoms with van der Waals surface area (Å²) in [6, 6.07) is 0. The quantitative estimate of drug-likeness (QED) is 0.601. The fourth-order valence-corrected chi connectivity index (χ4v) is 2.01. The van der Waals surface area contributed by atoms with Gasteiger partial charge in [-0.15, -0.1) is 12.4 Å². The van der Waals surface area contributed by atoms with E-state index in [0.717, 1.165) is 6.67 Å². The van der Waals surface area contributed by atoms with Crippen LogP contribution in [0.25, 0.3) is 0 Å². The minimum absolute atomic E-state index is 0. The molecule has 16 heavy (non-hydrogen) atoms. The molecule has 0 N–H and O–H groups in total. The summed E-state index contributed by atoms with van der Waals surface area (Å²) in [4.78, 5) is 4.62. The molecule has 0 atom stereocenters. The van der Waals surface area contributed by atoms with E-state index in [1.165, 1.54) is 51.5 Å². The van der Waals surface area contributed by atoms with E-state index < -0.39 is 0 Å². The van der Waals surface area contributed by atoms with Crippen LogP contribution in [0.3, 0.4) is 0 Å². The molecule has 0 spiro atoms. The fraction of sp³-hybridized carbons (Fsp3) is 0.846. The lowest BCUT2D eigenvalue weighted by Gasteiger charge is -2.17. The lowest BCUT2D eigenvalue weighted by molar-refractivity contribution is 0.290. The summed E-state index contributed by atoms with van der Waals surface area (Å²) in [6.07, 6.45) is 14.2. The molecule has 0 aromatic rings. The summed E-state index contributed by atoms with van der Waals surface area (Å²) >= 11 is 0. The first-order valence-corrected chi connectivity index (χ1v) is 6.45. The number of hydrogen-bond acceptors (Lipinski definition) is 2. The van der Waals surface area contributed by atoms with Gasteiger partial charge in [0.1, 0.15) is 0 Å². The van der Waals surface area contributed by atoms with Crippen molar-refractivity contribution in [1.82, 2.24) is 9.80 Å². The monoisotopic (exact) mass is 246 g/mol. The molecule has 1 aliphatic heterocycles. The Morgan fingerprint density at radius 2 is 1.56 bits per heavy atom. The highest BCUT2D eigenvalue weighted by molar-refractivity contribution is 5.85. The van der Waals surface area contributed by atoms with Crippen LogP contribution in [0, 0.1) is 0 Å². The van der Waals surface area contributed by atoms with Crippen LogP contribution in [0.4, 0.5) is 0 Å². The molecule has 96 valence electrons. The Bertz CT molecular complexity index is 183. The van der Waals surface area contributed by atoms with Crippen molar-refractivity contribution in [3.05, 3.63) is 12.4 Å². The van der Waals surface area contributed by atoms with E-state index in [1.54, 1.807) is 0 Å². The van der Waals surface area contributed by atoms with Crippen LogP contribution in [0.15, 0.2) is 12.4 Å². The molecule has 0 aromatic carbocycles. The van der Waals surface area contributed by atoms with Crippen LogP contribution in [0.2, 0.25) is 0 Å². The van der Waals surface area contributed by atoms with Crippen LogP contribution < -0.4 is 0 Å². The zero-order chi connectivity index (χ0) is 10.9. The minimum Gasteiger partial charge on any atom is -0.362 e. The SMILES string of the molecule is CCCCCCCCCN1C=CN(C)C1.Cl. The lowest BCUT2D eigenvalue weighted by Crippen LogP contribution is -2.23.